The number of aromatic nitrogens is 1. The second-order valence-electron chi connectivity index (χ2n) is 10.8. The Morgan fingerprint density at radius 1 is 1.02 bits per heavy atom. The lowest BCUT2D eigenvalue weighted by Crippen LogP contribution is -2.40. The summed E-state index contributed by atoms with van der Waals surface area (Å²) in [6, 6.07) is 20.1. The van der Waals surface area contributed by atoms with Crippen LogP contribution in [0.15, 0.2) is 86.5 Å². The molecule has 9 heteroatoms. The van der Waals surface area contributed by atoms with E-state index in [1.165, 1.54) is 11.3 Å². The first-order valence-electron chi connectivity index (χ1n) is 14.8. The summed E-state index contributed by atoms with van der Waals surface area (Å²) in [5.41, 5.74) is 2.08. The summed E-state index contributed by atoms with van der Waals surface area (Å²) in [4.78, 5) is 35.4. The molecule has 0 amide bonds. The Morgan fingerprint density at radius 3 is 2.47 bits per heavy atom. The van der Waals surface area contributed by atoms with E-state index in [9.17, 15) is 9.59 Å². The predicted octanol–water partition coefficient (Wildman–Crippen LogP) is 5.16. The third-order valence-corrected chi connectivity index (χ3v) is 8.84. The highest BCUT2D eigenvalue weighted by molar-refractivity contribution is 7.07. The molecule has 0 saturated carbocycles. The Hall–Kier alpha value is -4.37. The van der Waals surface area contributed by atoms with Gasteiger partial charge in [0.25, 0.3) is 5.56 Å². The Labute approximate surface area is 254 Å². The van der Waals surface area contributed by atoms with Gasteiger partial charge >= 0.3 is 5.97 Å². The molecular weight excluding hydrogens is 562 g/mol. The van der Waals surface area contributed by atoms with E-state index < -0.39 is 12.0 Å². The molecule has 0 unspecified atom stereocenters. The fourth-order valence-electron chi connectivity index (χ4n) is 5.62. The van der Waals surface area contributed by atoms with Gasteiger partial charge in [0.15, 0.2) is 10.7 Å². The van der Waals surface area contributed by atoms with Gasteiger partial charge in [-0.1, -0.05) is 60.7 Å². The van der Waals surface area contributed by atoms with Crippen molar-refractivity contribution < 1.29 is 18.7 Å². The van der Waals surface area contributed by atoms with Crippen molar-refractivity contribution in [1.82, 2.24) is 4.57 Å². The molecule has 2 aromatic carbocycles. The number of carbonyl (C=O) groups excluding carboxylic acids is 1. The normalized spacial score (nSPS) is 17.5. The van der Waals surface area contributed by atoms with Gasteiger partial charge in [-0.2, -0.15) is 0 Å². The van der Waals surface area contributed by atoms with Gasteiger partial charge in [0.2, 0.25) is 0 Å². The van der Waals surface area contributed by atoms with Gasteiger partial charge in [-0.25, -0.2) is 9.79 Å². The van der Waals surface area contributed by atoms with Crippen molar-refractivity contribution in [3.05, 3.63) is 109 Å². The lowest BCUT2D eigenvalue weighted by atomic mass is 9.93. The molecular formula is C34H35N3O5S. The number of furan rings is 1. The van der Waals surface area contributed by atoms with Crippen molar-refractivity contribution >= 4 is 35.0 Å². The summed E-state index contributed by atoms with van der Waals surface area (Å²) in [6.45, 7) is 8.61. The minimum absolute atomic E-state index is 0.196. The summed E-state index contributed by atoms with van der Waals surface area (Å²) in [6.07, 6.45) is 4.03. The van der Waals surface area contributed by atoms with Crippen molar-refractivity contribution in [2.45, 2.75) is 39.7 Å². The van der Waals surface area contributed by atoms with Gasteiger partial charge in [0.1, 0.15) is 11.5 Å². The summed E-state index contributed by atoms with van der Waals surface area (Å²) >= 11 is 1.28. The first-order chi connectivity index (χ1) is 21.0. The molecule has 8 nitrogen and oxygen atoms in total. The van der Waals surface area contributed by atoms with Crippen LogP contribution in [0.1, 0.15) is 56.5 Å². The molecule has 0 bridgehead atoms. The maximum atomic E-state index is 14.1. The SMILES string of the molecule is CCOC(=O)C1=C(c2ccccc2)N=c2s/c(=C\c3ccc(N4CCC(C)CC4)o3)c(=O)n2[C@H]1c1ccc(OCC)cc1. The number of fused-ring (bicyclic) bond motifs is 1. The number of carbonyl (C=O) groups is 1. The molecule has 43 heavy (non-hydrogen) atoms. The molecule has 0 spiro atoms. The molecule has 4 aromatic rings. The van der Waals surface area contributed by atoms with Gasteiger partial charge in [0.05, 0.1) is 35.1 Å². The smallest absolute Gasteiger partial charge is 0.338 e. The summed E-state index contributed by atoms with van der Waals surface area (Å²) < 4.78 is 19.5. The zero-order valence-electron chi connectivity index (χ0n) is 24.6. The van der Waals surface area contributed by atoms with E-state index in [1.807, 2.05) is 73.7 Å². The number of rotatable bonds is 8. The number of hydrogen-bond acceptors (Lipinski definition) is 8. The topological polar surface area (TPSA) is 86.3 Å². The Balaban J connectivity index is 1.50. The van der Waals surface area contributed by atoms with Crippen LogP contribution in [0.2, 0.25) is 0 Å². The first-order valence-corrected chi connectivity index (χ1v) is 15.6. The zero-order valence-corrected chi connectivity index (χ0v) is 25.4. The average molecular weight is 598 g/mol. The lowest BCUT2D eigenvalue weighted by Gasteiger charge is -2.29. The molecule has 2 aromatic heterocycles. The molecule has 0 aliphatic carbocycles. The number of anilines is 1. The van der Waals surface area contributed by atoms with Crippen LogP contribution in [0.3, 0.4) is 0 Å². The van der Waals surface area contributed by atoms with E-state index in [0.29, 0.717) is 38.7 Å². The number of hydrogen-bond donors (Lipinski definition) is 0. The number of thiazole rings is 1. The Kier molecular flexibility index (Phi) is 8.33. The van der Waals surface area contributed by atoms with Crippen LogP contribution in [-0.4, -0.2) is 36.8 Å². The highest BCUT2D eigenvalue weighted by Gasteiger charge is 2.35. The highest BCUT2D eigenvalue weighted by Crippen LogP contribution is 2.35. The van der Waals surface area contributed by atoms with Crippen molar-refractivity contribution in [2.75, 3.05) is 31.2 Å². The van der Waals surface area contributed by atoms with E-state index in [0.717, 1.165) is 48.9 Å². The maximum Gasteiger partial charge on any atom is 0.338 e. The number of esters is 1. The van der Waals surface area contributed by atoms with Crippen LogP contribution in [-0.2, 0) is 9.53 Å². The van der Waals surface area contributed by atoms with Crippen molar-refractivity contribution in [2.24, 2.45) is 10.9 Å². The average Bonchev–Trinajstić information content (AvgIpc) is 3.62. The van der Waals surface area contributed by atoms with Crippen molar-refractivity contribution in [3.8, 4) is 5.75 Å². The fourth-order valence-corrected chi connectivity index (χ4v) is 6.60. The Morgan fingerprint density at radius 2 is 1.77 bits per heavy atom. The van der Waals surface area contributed by atoms with E-state index in [1.54, 1.807) is 17.6 Å². The van der Waals surface area contributed by atoms with Gasteiger partial charge in [0, 0.05) is 30.8 Å². The van der Waals surface area contributed by atoms with E-state index in [4.69, 9.17) is 18.9 Å². The van der Waals surface area contributed by atoms with Crippen molar-refractivity contribution in [3.63, 3.8) is 0 Å². The molecule has 2 aliphatic rings. The molecule has 0 N–H and O–H groups in total. The molecule has 0 radical (unpaired) electrons. The standard InChI is InChI=1S/C34H35N3O5S/c1-4-40-25-13-11-24(12-14-25)31-29(33(39)41-5-2)30(23-9-7-6-8-10-23)35-34-37(31)32(38)27(43-34)21-26-15-16-28(42-26)36-19-17-22(3)18-20-36/h6-16,21-22,31H,4-5,17-20H2,1-3H3/b27-21-/t31-/m0/s1. The van der Waals surface area contributed by atoms with Crippen LogP contribution in [0.4, 0.5) is 5.88 Å². The molecule has 1 saturated heterocycles. The number of benzene rings is 2. The largest absolute Gasteiger partial charge is 0.494 e. The molecule has 4 heterocycles. The summed E-state index contributed by atoms with van der Waals surface area (Å²) in [5, 5.41) is 0. The van der Waals surface area contributed by atoms with Crippen LogP contribution in [0.25, 0.3) is 11.8 Å². The fraction of sp³-hybridized carbons (Fsp3) is 0.324. The van der Waals surface area contributed by atoms with Crippen LogP contribution < -0.4 is 24.5 Å². The second kappa shape index (κ2) is 12.5. The van der Waals surface area contributed by atoms with Crippen LogP contribution in [0, 0.1) is 5.92 Å². The minimum atomic E-state index is -0.745. The van der Waals surface area contributed by atoms with Crippen LogP contribution in [0.5, 0.6) is 5.75 Å². The van der Waals surface area contributed by atoms with Gasteiger partial charge in [-0.15, -0.1) is 0 Å². The summed E-state index contributed by atoms with van der Waals surface area (Å²) in [5.74, 6) is 2.33. The third kappa shape index (κ3) is 5.82. The number of piperidine rings is 1. The van der Waals surface area contributed by atoms with Gasteiger partial charge in [-0.3, -0.25) is 9.36 Å². The van der Waals surface area contributed by atoms with Crippen molar-refractivity contribution in [1.29, 1.82) is 0 Å². The molecule has 6 rings (SSSR count). The predicted molar refractivity (Wildman–Crippen MR) is 168 cm³/mol. The maximum absolute atomic E-state index is 14.1. The molecule has 1 atom stereocenters. The third-order valence-electron chi connectivity index (χ3n) is 7.86. The first kappa shape index (κ1) is 28.7. The van der Waals surface area contributed by atoms with Crippen LogP contribution >= 0.6 is 11.3 Å². The monoisotopic (exact) mass is 597 g/mol. The summed E-state index contributed by atoms with van der Waals surface area (Å²) in [7, 11) is 0. The van der Waals surface area contributed by atoms with E-state index in [2.05, 4.69) is 11.8 Å². The van der Waals surface area contributed by atoms with Gasteiger partial charge < -0.3 is 18.8 Å². The highest BCUT2D eigenvalue weighted by atomic mass is 32.1. The minimum Gasteiger partial charge on any atom is -0.494 e. The zero-order chi connectivity index (χ0) is 29.9. The molecule has 2 aliphatic heterocycles. The van der Waals surface area contributed by atoms with Gasteiger partial charge in [-0.05, 0) is 56.4 Å². The molecule has 1 fully saturated rings. The molecule has 222 valence electrons. The van der Waals surface area contributed by atoms with E-state index in [-0.39, 0.29) is 12.2 Å². The quantitative estimate of drug-likeness (QED) is 0.261. The van der Waals surface area contributed by atoms with E-state index >= 15 is 0 Å². The number of nitrogens with zero attached hydrogens (tertiary/aromatic N) is 3. The Bertz CT molecular complexity index is 1810. The lowest BCUT2D eigenvalue weighted by molar-refractivity contribution is -0.138. The second-order valence-corrected chi connectivity index (χ2v) is 11.8. The number of ether oxygens (including phenoxy) is 2.